The molecule has 128 valence electrons. The monoisotopic (exact) mass is 386 g/mol. The fourth-order valence-electron chi connectivity index (χ4n) is 2.74. The number of rotatable bonds is 6. The summed E-state index contributed by atoms with van der Waals surface area (Å²) in [4.78, 5) is 20.7. The molecule has 0 amide bonds. The van der Waals surface area contributed by atoms with Crippen molar-refractivity contribution in [2.45, 2.75) is 86.2 Å². The molecule has 0 heterocycles. The molecule has 0 bridgehead atoms. The zero-order valence-corrected chi connectivity index (χ0v) is 18.0. The molecule has 2 atom stereocenters. The van der Waals surface area contributed by atoms with Gasteiger partial charge in [0.2, 0.25) is 0 Å². The number of thioether (sulfide) groups is 2. The number of carboxylic acid groups (broad SMARTS) is 2. The van der Waals surface area contributed by atoms with Gasteiger partial charge < -0.3 is 19.8 Å². The molecule has 7 heteroatoms. The van der Waals surface area contributed by atoms with Crippen molar-refractivity contribution in [2.24, 2.45) is 0 Å². The van der Waals surface area contributed by atoms with E-state index in [2.05, 4.69) is 0 Å². The third kappa shape index (κ3) is 10.5. The molecule has 0 N–H and O–H groups in total. The fourth-order valence-corrected chi connectivity index (χ4v) is 5.33. The molecule has 0 spiro atoms. The Labute approximate surface area is 177 Å². The largest absolute Gasteiger partial charge is 2.00 e. The van der Waals surface area contributed by atoms with Gasteiger partial charge in [-0.3, -0.25) is 0 Å². The number of hydrogen-bond donors (Lipinski definition) is 0. The molecule has 2 rings (SSSR count). The van der Waals surface area contributed by atoms with E-state index in [-0.39, 0.29) is 48.2 Å². The zero-order chi connectivity index (χ0) is 16.5. The van der Waals surface area contributed by atoms with Crippen LogP contribution in [0.1, 0.15) is 65.2 Å². The Morgan fingerprint density at radius 3 is 1.26 bits per heavy atom. The van der Waals surface area contributed by atoms with Crippen LogP contribution in [0.5, 0.6) is 0 Å². The predicted molar refractivity (Wildman–Crippen MR) is 94.4 cm³/mol. The van der Waals surface area contributed by atoms with Gasteiger partial charge in [0.05, 0.1) is 11.9 Å². The van der Waals surface area contributed by atoms with E-state index in [0.717, 1.165) is 0 Å². The van der Waals surface area contributed by atoms with Gasteiger partial charge in [-0.05, 0) is 39.5 Å². The standard InChI is InChI=1S/2C8H14O2S.Ca/c2*1-6(8(9)10)11-7-4-2-3-5-7;/h2*6-7H,2-5H2,1H3,(H,9,10);/q;;+2/p-2. The van der Waals surface area contributed by atoms with Crippen molar-refractivity contribution in [1.82, 2.24) is 0 Å². The van der Waals surface area contributed by atoms with Crippen LogP contribution in [0.25, 0.3) is 0 Å². The van der Waals surface area contributed by atoms with Crippen LogP contribution in [0, 0.1) is 0 Å². The SMILES string of the molecule is CC(SC1CCCC1)C(=O)[O-].CC(SC1CCCC1)C(=O)[O-].[Ca+2]. The van der Waals surface area contributed by atoms with Crippen LogP contribution in [-0.2, 0) is 9.59 Å². The molecular weight excluding hydrogens is 360 g/mol. The van der Waals surface area contributed by atoms with Gasteiger partial charge in [-0.15, -0.1) is 23.5 Å². The third-order valence-electron chi connectivity index (χ3n) is 4.06. The van der Waals surface area contributed by atoms with Crippen LogP contribution >= 0.6 is 23.5 Å². The summed E-state index contributed by atoms with van der Waals surface area (Å²) >= 11 is 3.11. The number of hydrogen-bond acceptors (Lipinski definition) is 6. The van der Waals surface area contributed by atoms with E-state index >= 15 is 0 Å². The molecule has 2 unspecified atom stereocenters. The van der Waals surface area contributed by atoms with E-state index in [1.165, 1.54) is 51.4 Å². The van der Waals surface area contributed by atoms with Crippen molar-refractivity contribution >= 4 is 73.2 Å². The summed E-state index contributed by atoms with van der Waals surface area (Å²) in [7, 11) is 0. The van der Waals surface area contributed by atoms with Gasteiger partial charge in [-0.2, -0.15) is 0 Å². The molecule has 2 saturated carbocycles. The van der Waals surface area contributed by atoms with Gasteiger partial charge >= 0.3 is 37.7 Å². The molecule has 23 heavy (non-hydrogen) atoms. The van der Waals surface area contributed by atoms with Crippen LogP contribution < -0.4 is 10.2 Å². The van der Waals surface area contributed by atoms with Crippen molar-refractivity contribution in [2.75, 3.05) is 0 Å². The minimum Gasteiger partial charge on any atom is -0.549 e. The van der Waals surface area contributed by atoms with Crippen molar-refractivity contribution in [3.05, 3.63) is 0 Å². The molecule has 0 aromatic heterocycles. The summed E-state index contributed by atoms with van der Waals surface area (Å²) in [5, 5.41) is 21.2. The van der Waals surface area contributed by atoms with Crippen LogP contribution in [0.3, 0.4) is 0 Å². The summed E-state index contributed by atoms with van der Waals surface area (Å²) in [6.07, 6.45) is 9.78. The van der Waals surface area contributed by atoms with Gasteiger partial charge in [0.15, 0.2) is 0 Å². The molecule has 0 aromatic rings. The average molecular weight is 387 g/mol. The molecule has 0 radical (unpaired) electrons. The van der Waals surface area contributed by atoms with E-state index in [1.807, 2.05) is 0 Å². The first kappa shape index (κ1) is 23.9. The summed E-state index contributed by atoms with van der Waals surface area (Å²) in [6, 6.07) is 0. The predicted octanol–water partition coefficient (Wildman–Crippen LogP) is 1.22. The normalized spacial score (nSPS) is 21.0. The third-order valence-corrected chi connectivity index (χ3v) is 6.98. The minimum absolute atomic E-state index is 0. The molecule has 0 aliphatic heterocycles. The number of carbonyl (C=O) groups excluding carboxylic acids is 2. The Bertz CT molecular complexity index is 322. The second kappa shape index (κ2) is 13.1. The Hall–Kier alpha value is 0.900. The Morgan fingerprint density at radius 1 is 0.783 bits per heavy atom. The van der Waals surface area contributed by atoms with E-state index in [4.69, 9.17) is 0 Å². The van der Waals surface area contributed by atoms with Crippen LogP contribution in [0.2, 0.25) is 0 Å². The van der Waals surface area contributed by atoms with Crippen molar-refractivity contribution in [3.63, 3.8) is 0 Å². The van der Waals surface area contributed by atoms with Gasteiger partial charge in [0.25, 0.3) is 0 Å². The van der Waals surface area contributed by atoms with E-state index in [1.54, 1.807) is 37.4 Å². The molecule has 0 aromatic carbocycles. The second-order valence-electron chi connectivity index (χ2n) is 6.01. The number of carboxylic acids is 2. The molecule has 2 aliphatic rings. The average Bonchev–Trinajstić information content (AvgIpc) is 3.12. The topological polar surface area (TPSA) is 80.3 Å². The summed E-state index contributed by atoms with van der Waals surface area (Å²) in [5.41, 5.74) is 0. The van der Waals surface area contributed by atoms with Crippen LogP contribution in [-0.4, -0.2) is 70.7 Å². The number of aliphatic carboxylic acids is 2. The maximum absolute atomic E-state index is 10.4. The van der Waals surface area contributed by atoms with E-state index in [9.17, 15) is 19.8 Å². The fraction of sp³-hybridized carbons (Fsp3) is 0.875. The Morgan fingerprint density at radius 2 is 1.04 bits per heavy atom. The minimum atomic E-state index is -0.929. The smallest absolute Gasteiger partial charge is 0.549 e. The number of carbonyl (C=O) groups is 2. The maximum Gasteiger partial charge on any atom is 2.00 e. The van der Waals surface area contributed by atoms with Gasteiger partial charge in [-0.25, -0.2) is 0 Å². The quantitative estimate of drug-likeness (QED) is 0.639. The first-order valence-electron chi connectivity index (χ1n) is 8.12. The van der Waals surface area contributed by atoms with E-state index in [0.29, 0.717) is 10.5 Å². The van der Waals surface area contributed by atoms with Crippen LogP contribution in [0.4, 0.5) is 0 Å². The second-order valence-corrected chi connectivity index (χ2v) is 9.30. The summed E-state index contributed by atoms with van der Waals surface area (Å²) in [5.74, 6) is -1.86. The molecule has 2 aliphatic carbocycles. The van der Waals surface area contributed by atoms with Crippen molar-refractivity contribution < 1.29 is 19.8 Å². The zero-order valence-electron chi connectivity index (χ0n) is 14.1. The van der Waals surface area contributed by atoms with Crippen LogP contribution in [0.15, 0.2) is 0 Å². The molecule has 2 fully saturated rings. The molecule has 0 saturated heterocycles. The van der Waals surface area contributed by atoms with Gasteiger partial charge in [-0.1, -0.05) is 25.7 Å². The van der Waals surface area contributed by atoms with Gasteiger partial charge in [0, 0.05) is 21.0 Å². The van der Waals surface area contributed by atoms with Gasteiger partial charge in [0.1, 0.15) is 0 Å². The Kier molecular flexibility index (Phi) is 13.7. The molecule has 4 nitrogen and oxygen atoms in total. The van der Waals surface area contributed by atoms with E-state index < -0.39 is 11.9 Å². The van der Waals surface area contributed by atoms with Crippen molar-refractivity contribution in [1.29, 1.82) is 0 Å². The maximum atomic E-state index is 10.4. The first-order chi connectivity index (χ1) is 10.4. The van der Waals surface area contributed by atoms with Crippen molar-refractivity contribution in [3.8, 4) is 0 Å². The Balaban J connectivity index is 0.000000403. The summed E-state index contributed by atoms with van der Waals surface area (Å²) < 4.78 is 0. The summed E-state index contributed by atoms with van der Waals surface area (Å²) in [6.45, 7) is 3.41. The molecular formula is C16H26CaO4S2. The first-order valence-corrected chi connectivity index (χ1v) is 10.0.